The highest BCUT2D eigenvalue weighted by molar-refractivity contribution is 7.89. The highest BCUT2D eigenvalue weighted by Gasteiger charge is 2.27. The monoisotopic (exact) mass is 433 g/mol. The van der Waals surface area contributed by atoms with E-state index >= 15 is 0 Å². The van der Waals surface area contributed by atoms with Gasteiger partial charge in [0.1, 0.15) is 0 Å². The normalized spacial score (nSPS) is 11.6. The van der Waals surface area contributed by atoms with Crippen molar-refractivity contribution in [3.63, 3.8) is 0 Å². The molecule has 3 aromatic rings. The SMILES string of the molecule is CC(=O)Nc1ccc(S(=O)(=O)N(Cc2cc(C)no2)Cc2ccccc2Cl)cc1. The van der Waals surface area contributed by atoms with E-state index < -0.39 is 10.0 Å². The Morgan fingerprint density at radius 1 is 1.14 bits per heavy atom. The molecule has 1 aromatic heterocycles. The van der Waals surface area contributed by atoms with Crippen LogP contribution in [0.2, 0.25) is 5.02 Å². The molecule has 1 N–H and O–H groups in total. The summed E-state index contributed by atoms with van der Waals surface area (Å²) in [6, 6.07) is 14.7. The first kappa shape index (κ1) is 21.0. The van der Waals surface area contributed by atoms with Crippen LogP contribution in [0, 0.1) is 6.92 Å². The Labute approximate surface area is 174 Å². The summed E-state index contributed by atoms with van der Waals surface area (Å²) in [6.07, 6.45) is 0. The fourth-order valence-corrected chi connectivity index (χ4v) is 4.35. The van der Waals surface area contributed by atoms with Crippen LogP contribution in [0.3, 0.4) is 0 Å². The zero-order valence-corrected chi connectivity index (χ0v) is 17.5. The van der Waals surface area contributed by atoms with Crippen LogP contribution in [-0.2, 0) is 27.9 Å². The van der Waals surface area contributed by atoms with E-state index in [1.54, 1.807) is 49.4 Å². The molecule has 1 amide bonds. The van der Waals surface area contributed by atoms with Crippen molar-refractivity contribution in [2.75, 3.05) is 5.32 Å². The molecule has 0 spiro atoms. The van der Waals surface area contributed by atoms with E-state index in [9.17, 15) is 13.2 Å². The minimum absolute atomic E-state index is 0.00183. The van der Waals surface area contributed by atoms with Gasteiger partial charge in [-0.25, -0.2) is 8.42 Å². The lowest BCUT2D eigenvalue weighted by Crippen LogP contribution is -2.30. The molecule has 152 valence electrons. The number of rotatable bonds is 7. The summed E-state index contributed by atoms with van der Waals surface area (Å²) in [5.74, 6) is 0.189. The van der Waals surface area contributed by atoms with Gasteiger partial charge in [-0.15, -0.1) is 0 Å². The molecule has 3 rings (SSSR count). The van der Waals surface area contributed by atoms with Crippen molar-refractivity contribution < 1.29 is 17.7 Å². The van der Waals surface area contributed by atoms with Crippen LogP contribution in [0.15, 0.2) is 64.0 Å². The zero-order chi connectivity index (χ0) is 21.0. The molecule has 0 radical (unpaired) electrons. The molecule has 9 heteroatoms. The quantitative estimate of drug-likeness (QED) is 0.608. The number of sulfonamides is 1. The summed E-state index contributed by atoms with van der Waals surface area (Å²) in [5.41, 5.74) is 1.85. The molecule has 7 nitrogen and oxygen atoms in total. The lowest BCUT2D eigenvalue weighted by molar-refractivity contribution is -0.114. The molecule has 0 atom stereocenters. The first-order valence-corrected chi connectivity index (χ1v) is 10.6. The lowest BCUT2D eigenvalue weighted by atomic mass is 10.2. The van der Waals surface area contributed by atoms with Gasteiger partial charge >= 0.3 is 0 Å². The van der Waals surface area contributed by atoms with E-state index in [-0.39, 0.29) is 23.9 Å². The minimum Gasteiger partial charge on any atom is -0.360 e. The summed E-state index contributed by atoms with van der Waals surface area (Å²) in [7, 11) is -3.88. The highest BCUT2D eigenvalue weighted by atomic mass is 35.5. The zero-order valence-electron chi connectivity index (χ0n) is 15.9. The number of benzene rings is 2. The number of nitrogens with zero attached hydrogens (tertiary/aromatic N) is 2. The smallest absolute Gasteiger partial charge is 0.243 e. The average Bonchev–Trinajstić information content (AvgIpc) is 3.08. The molecule has 0 bridgehead atoms. The maximum Gasteiger partial charge on any atom is 0.243 e. The Balaban J connectivity index is 1.94. The minimum atomic E-state index is -3.88. The molecule has 29 heavy (non-hydrogen) atoms. The van der Waals surface area contributed by atoms with E-state index in [4.69, 9.17) is 16.1 Å². The number of anilines is 1. The Morgan fingerprint density at radius 2 is 1.83 bits per heavy atom. The van der Waals surface area contributed by atoms with Crippen LogP contribution in [0.5, 0.6) is 0 Å². The van der Waals surface area contributed by atoms with Crippen molar-refractivity contribution in [1.29, 1.82) is 0 Å². The van der Waals surface area contributed by atoms with Gasteiger partial charge in [-0.05, 0) is 42.8 Å². The summed E-state index contributed by atoms with van der Waals surface area (Å²) in [6.45, 7) is 3.22. The molecule has 0 unspecified atom stereocenters. The molecular weight excluding hydrogens is 414 g/mol. The molecule has 0 aliphatic rings. The number of hydrogen-bond donors (Lipinski definition) is 1. The van der Waals surface area contributed by atoms with Crippen LogP contribution in [-0.4, -0.2) is 23.8 Å². The fourth-order valence-electron chi connectivity index (χ4n) is 2.77. The van der Waals surface area contributed by atoms with Crippen LogP contribution in [0.1, 0.15) is 23.9 Å². The van der Waals surface area contributed by atoms with Gasteiger partial charge in [0.15, 0.2) is 5.76 Å². The highest BCUT2D eigenvalue weighted by Crippen LogP contribution is 2.25. The fraction of sp³-hybridized carbons (Fsp3) is 0.200. The van der Waals surface area contributed by atoms with Crippen LogP contribution < -0.4 is 5.32 Å². The van der Waals surface area contributed by atoms with E-state index in [0.29, 0.717) is 27.7 Å². The van der Waals surface area contributed by atoms with Gasteiger partial charge in [0.2, 0.25) is 15.9 Å². The molecule has 0 fully saturated rings. The van der Waals surface area contributed by atoms with E-state index in [2.05, 4.69) is 10.5 Å². The third kappa shape index (κ3) is 5.23. The summed E-state index contributed by atoms with van der Waals surface area (Å²) < 4.78 is 33.2. The Hall–Kier alpha value is -2.68. The topological polar surface area (TPSA) is 92.5 Å². The van der Waals surface area contributed by atoms with Crippen molar-refractivity contribution in [1.82, 2.24) is 9.46 Å². The summed E-state index contributed by atoms with van der Waals surface area (Å²) >= 11 is 6.24. The number of nitrogens with one attached hydrogen (secondary N) is 1. The molecule has 2 aromatic carbocycles. The van der Waals surface area contributed by atoms with Crippen molar-refractivity contribution in [3.05, 3.63) is 76.6 Å². The van der Waals surface area contributed by atoms with Gasteiger partial charge in [-0.2, -0.15) is 4.31 Å². The number of hydrogen-bond acceptors (Lipinski definition) is 5. The molecular formula is C20H20ClN3O4S. The first-order chi connectivity index (χ1) is 13.8. The second-order valence-corrected chi connectivity index (χ2v) is 8.85. The molecule has 0 aliphatic heterocycles. The maximum absolute atomic E-state index is 13.3. The lowest BCUT2D eigenvalue weighted by Gasteiger charge is -2.22. The standard InChI is InChI=1S/C20H20ClN3O4S/c1-14-11-18(28-23-14)13-24(12-16-5-3-4-6-20(16)21)29(26,27)19-9-7-17(8-10-19)22-15(2)25/h3-11H,12-13H2,1-2H3,(H,22,25). The Bertz CT molecular complexity index is 1110. The Morgan fingerprint density at radius 3 is 2.41 bits per heavy atom. The van der Waals surface area contributed by atoms with Crippen molar-refractivity contribution in [3.8, 4) is 0 Å². The first-order valence-electron chi connectivity index (χ1n) is 8.79. The van der Waals surface area contributed by atoms with Gasteiger partial charge in [0.25, 0.3) is 0 Å². The number of carbonyl (C=O) groups is 1. The van der Waals surface area contributed by atoms with E-state index in [0.717, 1.165) is 0 Å². The predicted molar refractivity (Wildman–Crippen MR) is 110 cm³/mol. The van der Waals surface area contributed by atoms with Gasteiger partial charge in [0, 0.05) is 30.2 Å². The molecule has 0 aliphatic carbocycles. The van der Waals surface area contributed by atoms with E-state index in [1.807, 2.05) is 0 Å². The van der Waals surface area contributed by atoms with Crippen LogP contribution >= 0.6 is 11.6 Å². The number of aryl methyl sites for hydroxylation is 1. The van der Waals surface area contributed by atoms with E-state index in [1.165, 1.54) is 23.4 Å². The van der Waals surface area contributed by atoms with Crippen LogP contribution in [0.4, 0.5) is 5.69 Å². The molecule has 0 saturated carbocycles. The third-order valence-corrected chi connectivity index (χ3v) is 6.30. The summed E-state index contributed by atoms with van der Waals surface area (Å²) in [4.78, 5) is 11.3. The molecule has 0 saturated heterocycles. The predicted octanol–water partition coefficient (Wildman–Crippen LogP) is 3.99. The van der Waals surface area contributed by atoms with Gasteiger partial charge in [-0.1, -0.05) is 35.0 Å². The third-order valence-electron chi connectivity index (χ3n) is 4.13. The average molecular weight is 434 g/mol. The number of amides is 1. The van der Waals surface area contributed by atoms with Crippen molar-refractivity contribution in [2.24, 2.45) is 0 Å². The largest absolute Gasteiger partial charge is 0.360 e. The number of carbonyl (C=O) groups excluding carboxylic acids is 1. The van der Waals surface area contributed by atoms with Crippen molar-refractivity contribution in [2.45, 2.75) is 31.8 Å². The van der Waals surface area contributed by atoms with Crippen molar-refractivity contribution >= 4 is 33.2 Å². The molecule has 1 heterocycles. The van der Waals surface area contributed by atoms with Gasteiger partial charge in [-0.3, -0.25) is 4.79 Å². The van der Waals surface area contributed by atoms with Gasteiger partial charge in [0.05, 0.1) is 17.1 Å². The number of aromatic nitrogens is 1. The van der Waals surface area contributed by atoms with Gasteiger partial charge < -0.3 is 9.84 Å². The second kappa shape index (κ2) is 8.77. The Kier molecular flexibility index (Phi) is 6.36. The maximum atomic E-state index is 13.3. The van der Waals surface area contributed by atoms with Crippen LogP contribution in [0.25, 0.3) is 0 Å². The number of halogens is 1. The second-order valence-electron chi connectivity index (χ2n) is 6.50. The summed E-state index contributed by atoms with van der Waals surface area (Å²) in [5, 5.41) is 6.91.